The SMILES string of the molecule is S=C(NCCN1CCOCC1)N1CCCCCC1. The first-order valence-corrected chi connectivity index (χ1v) is 7.60. The molecule has 2 aliphatic rings. The van der Waals surface area contributed by atoms with E-state index in [4.69, 9.17) is 17.0 Å². The minimum absolute atomic E-state index is 0.872. The topological polar surface area (TPSA) is 27.7 Å². The highest BCUT2D eigenvalue weighted by atomic mass is 32.1. The van der Waals surface area contributed by atoms with Gasteiger partial charge in [-0.2, -0.15) is 0 Å². The molecule has 0 amide bonds. The maximum absolute atomic E-state index is 5.47. The molecule has 1 N–H and O–H groups in total. The Labute approximate surface area is 116 Å². The molecule has 0 radical (unpaired) electrons. The van der Waals surface area contributed by atoms with Gasteiger partial charge in [-0.3, -0.25) is 4.90 Å². The Bertz CT molecular complexity index is 249. The van der Waals surface area contributed by atoms with E-state index < -0.39 is 0 Å². The van der Waals surface area contributed by atoms with E-state index in [1.807, 2.05) is 0 Å². The van der Waals surface area contributed by atoms with Crippen LogP contribution in [0.2, 0.25) is 0 Å². The normalized spacial score (nSPS) is 22.6. The predicted octanol–water partition coefficient (Wildman–Crippen LogP) is 1.07. The molecule has 0 unspecified atom stereocenters. The van der Waals surface area contributed by atoms with Gasteiger partial charge in [0.25, 0.3) is 0 Å². The zero-order valence-electron chi connectivity index (χ0n) is 11.2. The van der Waals surface area contributed by atoms with E-state index in [0.717, 1.165) is 57.6 Å². The largest absolute Gasteiger partial charge is 0.379 e. The highest BCUT2D eigenvalue weighted by Gasteiger charge is 2.13. The Kier molecular flexibility index (Phi) is 6.17. The number of nitrogens with zero attached hydrogens (tertiary/aromatic N) is 2. The molecule has 2 fully saturated rings. The number of nitrogens with one attached hydrogen (secondary N) is 1. The van der Waals surface area contributed by atoms with E-state index in [2.05, 4.69) is 15.1 Å². The molecule has 4 nitrogen and oxygen atoms in total. The summed E-state index contributed by atoms with van der Waals surface area (Å²) < 4.78 is 5.34. The third-order valence-electron chi connectivity index (χ3n) is 3.70. The quantitative estimate of drug-likeness (QED) is 0.775. The molecule has 0 aromatic heterocycles. The van der Waals surface area contributed by atoms with Crippen molar-refractivity contribution in [3.05, 3.63) is 0 Å². The number of hydrogen-bond donors (Lipinski definition) is 1. The highest BCUT2D eigenvalue weighted by Crippen LogP contribution is 2.09. The molecule has 5 heteroatoms. The summed E-state index contributed by atoms with van der Waals surface area (Å²) in [6, 6.07) is 0. The molecule has 0 aliphatic carbocycles. The van der Waals surface area contributed by atoms with Gasteiger partial charge in [0.2, 0.25) is 0 Å². The van der Waals surface area contributed by atoms with Crippen LogP contribution in [0.3, 0.4) is 0 Å². The number of rotatable bonds is 3. The molecule has 0 atom stereocenters. The van der Waals surface area contributed by atoms with Crippen LogP contribution in [-0.4, -0.2) is 67.4 Å². The molecule has 2 aliphatic heterocycles. The average Bonchev–Trinajstić information content (AvgIpc) is 2.69. The summed E-state index contributed by atoms with van der Waals surface area (Å²) in [7, 11) is 0. The van der Waals surface area contributed by atoms with Crippen molar-refractivity contribution in [1.82, 2.24) is 15.1 Å². The van der Waals surface area contributed by atoms with Crippen molar-refractivity contribution in [3.8, 4) is 0 Å². The van der Waals surface area contributed by atoms with E-state index in [0.29, 0.717) is 0 Å². The lowest BCUT2D eigenvalue weighted by atomic mass is 10.2. The Hall–Kier alpha value is -0.390. The van der Waals surface area contributed by atoms with Gasteiger partial charge < -0.3 is 15.0 Å². The van der Waals surface area contributed by atoms with E-state index in [9.17, 15) is 0 Å². The fourth-order valence-corrected chi connectivity index (χ4v) is 2.82. The van der Waals surface area contributed by atoms with Gasteiger partial charge in [-0.15, -0.1) is 0 Å². The third kappa shape index (κ3) is 4.71. The monoisotopic (exact) mass is 271 g/mol. The van der Waals surface area contributed by atoms with Crippen molar-refractivity contribution in [2.75, 3.05) is 52.5 Å². The van der Waals surface area contributed by atoms with Crippen LogP contribution in [0, 0.1) is 0 Å². The molecule has 2 heterocycles. The van der Waals surface area contributed by atoms with Crippen molar-refractivity contribution in [2.45, 2.75) is 25.7 Å². The second-order valence-corrected chi connectivity index (χ2v) is 5.47. The lowest BCUT2D eigenvalue weighted by molar-refractivity contribution is 0.0389. The number of thiocarbonyl (C=S) groups is 1. The fourth-order valence-electron chi connectivity index (χ4n) is 2.53. The Balaban J connectivity index is 1.61. The molecule has 0 saturated carbocycles. The summed E-state index contributed by atoms with van der Waals surface area (Å²) in [6.45, 7) is 8.13. The summed E-state index contributed by atoms with van der Waals surface area (Å²) >= 11 is 5.47. The molecule has 0 aromatic rings. The first-order valence-electron chi connectivity index (χ1n) is 7.19. The van der Waals surface area contributed by atoms with Crippen LogP contribution in [0.5, 0.6) is 0 Å². The van der Waals surface area contributed by atoms with Crippen LogP contribution in [0.4, 0.5) is 0 Å². The van der Waals surface area contributed by atoms with E-state index in [-0.39, 0.29) is 0 Å². The van der Waals surface area contributed by atoms with Crippen LogP contribution < -0.4 is 5.32 Å². The molecular weight excluding hydrogens is 246 g/mol. The molecule has 2 saturated heterocycles. The van der Waals surface area contributed by atoms with Crippen molar-refractivity contribution in [1.29, 1.82) is 0 Å². The maximum Gasteiger partial charge on any atom is 0.168 e. The number of ether oxygens (including phenoxy) is 1. The van der Waals surface area contributed by atoms with Gasteiger partial charge in [0.15, 0.2) is 5.11 Å². The first-order chi connectivity index (χ1) is 8.86. The smallest absolute Gasteiger partial charge is 0.168 e. The number of hydrogen-bond acceptors (Lipinski definition) is 3. The van der Waals surface area contributed by atoms with Gasteiger partial charge in [0.1, 0.15) is 0 Å². The maximum atomic E-state index is 5.47. The van der Waals surface area contributed by atoms with Crippen LogP contribution >= 0.6 is 12.2 Å². The van der Waals surface area contributed by atoms with Crippen LogP contribution in [0.1, 0.15) is 25.7 Å². The molecular formula is C13H25N3OS. The second kappa shape index (κ2) is 7.92. The van der Waals surface area contributed by atoms with Gasteiger partial charge in [-0.25, -0.2) is 0 Å². The average molecular weight is 271 g/mol. The lowest BCUT2D eigenvalue weighted by Crippen LogP contribution is -2.45. The molecule has 0 aromatic carbocycles. The summed E-state index contributed by atoms with van der Waals surface area (Å²) in [5, 5.41) is 4.35. The molecule has 0 bridgehead atoms. The van der Waals surface area contributed by atoms with Crippen molar-refractivity contribution in [2.24, 2.45) is 0 Å². The van der Waals surface area contributed by atoms with E-state index >= 15 is 0 Å². The van der Waals surface area contributed by atoms with Crippen molar-refractivity contribution >= 4 is 17.3 Å². The Morgan fingerprint density at radius 3 is 2.33 bits per heavy atom. The highest BCUT2D eigenvalue weighted by molar-refractivity contribution is 7.80. The van der Waals surface area contributed by atoms with Gasteiger partial charge in [0.05, 0.1) is 13.2 Å². The van der Waals surface area contributed by atoms with Crippen molar-refractivity contribution < 1.29 is 4.74 Å². The first kappa shape index (κ1) is 14.0. The Morgan fingerprint density at radius 2 is 1.67 bits per heavy atom. The van der Waals surface area contributed by atoms with Gasteiger partial charge in [-0.1, -0.05) is 12.8 Å². The summed E-state index contributed by atoms with van der Waals surface area (Å²) in [5.74, 6) is 0. The van der Waals surface area contributed by atoms with Crippen LogP contribution in [-0.2, 0) is 4.74 Å². The fraction of sp³-hybridized carbons (Fsp3) is 0.923. The second-order valence-electron chi connectivity index (χ2n) is 5.09. The zero-order valence-corrected chi connectivity index (χ0v) is 12.0. The van der Waals surface area contributed by atoms with Gasteiger partial charge >= 0.3 is 0 Å². The standard InChI is InChI=1S/C13H25N3OS/c18-13(16-6-3-1-2-4-7-16)14-5-8-15-9-11-17-12-10-15/h1-12H2,(H,14,18). The minimum atomic E-state index is 0.872. The number of morpholine rings is 1. The van der Waals surface area contributed by atoms with Crippen molar-refractivity contribution in [3.63, 3.8) is 0 Å². The molecule has 18 heavy (non-hydrogen) atoms. The summed E-state index contributed by atoms with van der Waals surface area (Å²) in [6.07, 6.45) is 5.27. The lowest BCUT2D eigenvalue weighted by Gasteiger charge is -2.28. The zero-order chi connectivity index (χ0) is 12.6. The van der Waals surface area contributed by atoms with E-state index in [1.165, 1.54) is 25.7 Å². The Morgan fingerprint density at radius 1 is 1.00 bits per heavy atom. The molecule has 0 spiro atoms. The van der Waals surface area contributed by atoms with Crippen LogP contribution in [0.15, 0.2) is 0 Å². The van der Waals surface area contributed by atoms with Gasteiger partial charge in [0, 0.05) is 39.3 Å². The van der Waals surface area contributed by atoms with Gasteiger partial charge in [-0.05, 0) is 25.1 Å². The minimum Gasteiger partial charge on any atom is -0.379 e. The van der Waals surface area contributed by atoms with E-state index in [1.54, 1.807) is 0 Å². The summed E-state index contributed by atoms with van der Waals surface area (Å²) in [4.78, 5) is 4.77. The predicted molar refractivity (Wildman–Crippen MR) is 77.9 cm³/mol. The summed E-state index contributed by atoms with van der Waals surface area (Å²) in [5.41, 5.74) is 0. The van der Waals surface area contributed by atoms with Crippen LogP contribution in [0.25, 0.3) is 0 Å². The number of likely N-dealkylation sites (tertiary alicyclic amines) is 1. The third-order valence-corrected chi connectivity index (χ3v) is 4.10. The molecule has 2 rings (SSSR count). The molecule has 104 valence electrons.